The molecule has 0 aromatic heterocycles. The van der Waals surface area contributed by atoms with E-state index in [2.05, 4.69) is 5.32 Å². The normalized spacial score (nSPS) is 10.3. The highest BCUT2D eigenvalue weighted by Crippen LogP contribution is 2.27. The molecule has 0 unspecified atom stereocenters. The van der Waals surface area contributed by atoms with Crippen LogP contribution < -0.4 is 10.1 Å². The number of allylic oxidation sites excluding steroid dienone is 1. The first-order valence-corrected chi connectivity index (χ1v) is 4.82. The van der Waals surface area contributed by atoms with Gasteiger partial charge in [-0.25, -0.2) is 0 Å². The number of amides is 1. The molecule has 0 radical (unpaired) electrons. The Hall–Kier alpha value is -1.48. The van der Waals surface area contributed by atoms with E-state index in [1.165, 1.54) is 13.2 Å². The molecule has 0 saturated heterocycles. The van der Waals surface area contributed by atoms with Crippen molar-refractivity contribution in [3.05, 3.63) is 35.4 Å². The summed E-state index contributed by atoms with van der Waals surface area (Å²) in [6.07, 6.45) is 3.09. The van der Waals surface area contributed by atoms with Gasteiger partial charge in [0, 0.05) is 5.02 Å². The van der Waals surface area contributed by atoms with Gasteiger partial charge in [0.05, 0.1) is 12.8 Å². The molecule has 0 bridgehead atoms. The molecule has 0 aliphatic heterocycles. The molecule has 1 aromatic rings. The van der Waals surface area contributed by atoms with Crippen molar-refractivity contribution in [1.29, 1.82) is 0 Å². The van der Waals surface area contributed by atoms with Gasteiger partial charge in [0.2, 0.25) is 5.91 Å². The van der Waals surface area contributed by atoms with Crippen LogP contribution in [0.5, 0.6) is 5.75 Å². The van der Waals surface area contributed by atoms with Gasteiger partial charge in [0.1, 0.15) is 5.75 Å². The summed E-state index contributed by atoms with van der Waals surface area (Å²) in [5.74, 6) is 0.371. The van der Waals surface area contributed by atoms with Crippen molar-refractivity contribution in [2.75, 3.05) is 12.4 Å². The number of nitrogens with one attached hydrogen (secondary N) is 1. The zero-order valence-electron chi connectivity index (χ0n) is 8.58. The average molecular weight is 226 g/mol. The molecule has 15 heavy (non-hydrogen) atoms. The summed E-state index contributed by atoms with van der Waals surface area (Å²) >= 11 is 5.81. The van der Waals surface area contributed by atoms with Gasteiger partial charge in [0.15, 0.2) is 0 Å². The van der Waals surface area contributed by atoms with Gasteiger partial charge in [-0.3, -0.25) is 4.79 Å². The Balaban J connectivity index is 2.91. The van der Waals surface area contributed by atoms with Gasteiger partial charge in [-0.2, -0.15) is 0 Å². The minimum absolute atomic E-state index is 0.210. The van der Waals surface area contributed by atoms with Crippen LogP contribution >= 0.6 is 11.6 Å². The van der Waals surface area contributed by atoms with Crippen molar-refractivity contribution in [3.63, 3.8) is 0 Å². The van der Waals surface area contributed by atoms with Crippen LogP contribution in [0.15, 0.2) is 30.4 Å². The first kappa shape index (κ1) is 11.6. The van der Waals surface area contributed by atoms with Crippen LogP contribution in [0.2, 0.25) is 5.02 Å². The molecular weight excluding hydrogens is 214 g/mol. The standard InChI is InChI=1S/C11H12ClNO2/c1-3-4-11(14)13-9-7-8(12)5-6-10(9)15-2/h3-7H,1-2H3,(H,13,14)/b4-3+. The number of carbonyl (C=O) groups excluding carboxylic acids is 1. The van der Waals surface area contributed by atoms with Gasteiger partial charge >= 0.3 is 0 Å². The third-order valence-corrected chi connectivity index (χ3v) is 1.97. The summed E-state index contributed by atoms with van der Waals surface area (Å²) in [6, 6.07) is 5.04. The van der Waals surface area contributed by atoms with Crippen molar-refractivity contribution in [2.45, 2.75) is 6.92 Å². The molecule has 3 nitrogen and oxygen atoms in total. The molecule has 80 valence electrons. The highest BCUT2D eigenvalue weighted by molar-refractivity contribution is 6.31. The number of methoxy groups -OCH3 is 1. The summed E-state index contributed by atoms with van der Waals surface area (Å²) in [7, 11) is 1.54. The number of anilines is 1. The summed E-state index contributed by atoms with van der Waals surface area (Å²) in [4.78, 5) is 11.3. The minimum atomic E-state index is -0.210. The molecule has 0 aliphatic rings. The van der Waals surface area contributed by atoms with Crippen molar-refractivity contribution >= 4 is 23.2 Å². The Bertz CT molecular complexity index is 388. The first-order valence-electron chi connectivity index (χ1n) is 4.44. The smallest absolute Gasteiger partial charge is 0.248 e. The summed E-state index contributed by atoms with van der Waals surface area (Å²) < 4.78 is 5.08. The molecule has 0 fully saturated rings. The molecule has 0 atom stereocenters. The van der Waals surface area contributed by atoms with Crippen molar-refractivity contribution in [3.8, 4) is 5.75 Å². The second-order valence-electron chi connectivity index (χ2n) is 2.83. The predicted octanol–water partition coefficient (Wildman–Crippen LogP) is 2.86. The Labute approximate surface area is 93.7 Å². The second-order valence-corrected chi connectivity index (χ2v) is 3.27. The predicted molar refractivity (Wildman–Crippen MR) is 61.4 cm³/mol. The summed E-state index contributed by atoms with van der Waals surface area (Å²) in [5, 5.41) is 3.22. The molecule has 1 amide bonds. The lowest BCUT2D eigenvalue weighted by Gasteiger charge is -2.08. The molecule has 0 heterocycles. The Kier molecular flexibility index (Phi) is 4.18. The van der Waals surface area contributed by atoms with Gasteiger partial charge in [-0.1, -0.05) is 17.7 Å². The lowest BCUT2D eigenvalue weighted by atomic mass is 10.3. The molecular formula is C11H12ClNO2. The lowest BCUT2D eigenvalue weighted by molar-refractivity contribution is -0.111. The third kappa shape index (κ3) is 3.29. The van der Waals surface area contributed by atoms with E-state index < -0.39 is 0 Å². The monoisotopic (exact) mass is 225 g/mol. The van der Waals surface area contributed by atoms with E-state index in [9.17, 15) is 4.79 Å². The second kappa shape index (κ2) is 5.41. The van der Waals surface area contributed by atoms with E-state index in [-0.39, 0.29) is 5.91 Å². The molecule has 1 rings (SSSR count). The minimum Gasteiger partial charge on any atom is -0.495 e. The third-order valence-electron chi connectivity index (χ3n) is 1.74. The quantitative estimate of drug-likeness (QED) is 0.804. The zero-order valence-corrected chi connectivity index (χ0v) is 9.34. The molecule has 0 saturated carbocycles. The first-order chi connectivity index (χ1) is 7.17. The number of rotatable bonds is 3. The highest BCUT2D eigenvalue weighted by atomic mass is 35.5. The summed E-state index contributed by atoms with van der Waals surface area (Å²) in [6.45, 7) is 1.77. The lowest BCUT2D eigenvalue weighted by Crippen LogP contribution is -2.08. The highest BCUT2D eigenvalue weighted by Gasteiger charge is 2.05. The van der Waals surface area contributed by atoms with E-state index in [1.54, 1.807) is 31.2 Å². The van der Waals surface area contributed by atoms with Crippen LogP contribution in [0.3, 0.4) is 0 Å². The van der Waals surface area contributed by atoms with E-state index >= 15 is 0 Å². The van der Waals surface area contributed by atoms with E-state index in [0.717, 1.165) is 0 Å². The van der Waals surface area contributed by atoms with E-state index in [4.69, 9.17) is 16.3 Å². The van der Waals surface area contributed by atoms with Crippen LogP contribution in [0, 0.1) is 0 Å². The van der Waals surface area contributed by atoms with E-state index in [0.29, 0.717) is 16.5 Å². The molecule has 4 heteroatoms. The van der Waals surface area contributed by atoms with Gasteiger partial charge in [-0.05, 0) is 31.2 Å². The van der Waals surface area contributed by atoms with Crippen LogP contribution in [0.25, 0.3) is 0 Å². The van der Waals surface area contributed by atoms with Gasteiger partial charge < -0.3 is 10.1 Å². The van der Waals surface area contributed by atoms with Crippen molar-refractivity contribution in [1.82, 2.24) is 0 Å². The SMILES string of the molecule is C/C=C/C(=O)Nc1cc(Cl)ccc1OC. The van der Waals surface area contributed by atoms with E-state index in [1.807, 2.05) is 0 Å². The topological polar surface area (TPSA) is 38.3 Å². The maximum atomic E-state index is 11.3. The fourth-order valence-electron chi connectivity index (χ4n) is 1.10. The van der Waals surface area contributed by atoms with Crippen LogP contribution in [-0.4, -0.2) is 13.0 Å². The fraction of sp³-hybridized carbons (Fsp3) is 0.182. The van der Waals surface area contributed by atoms with Crippen LogP contribution in [-0.2, 0) is 4.79 Å². The zero-order chi connectivity index (χ0) is 11.3. The van der Waals surface area contributed by atoms with Gasteiger partial charge in [0.25, 0.3) is 0 Å². The molecule has 1 N–H and O–H groups in total. The van der Waals surface area contributed by atoms with Crippen molar-refractivity contribution < 1.29 is 9.53 Å². The van der Waals surface area contributed by atoms with Crippen LogP contribution in [0.1, 0.15) is 6.92 Å². The molecule has 0 aliphatic carbocycles. The number of carbonyl (C=O) groups is 1. The average Bonchev–Trinajstić information content (AvgIpc) is 2.18. The Morgan fingerprint density at radius 3 is 2.87 bits per heavy atom. The molecule has 0 spiro atoms. The number of halogens is 1. The maximum Gasteiger partial charge on any atom is 0.248 e. The molecule has 1 aromatic carbocycles. The number of ether oxygens (including phenoxy) is 1. The Morgan fingerprint density at radius 1 is 1.53 bits per heavy atom. The maximum absolute atomic E-state index is 11.3. The van der Waals surface area contributed by atoms with Crippen molar-refractivity contribution in [2.24, 2.45) is 0 Å². The fourth-order valence-corrected chi connectivity index (χ4v) is 1.28. The largest absolute Gasteiger partial charge is 0.495 e. The Morgan fingerprint density at radius 2 is 2.27 bits per heavy atom. The number of benzene rings is 1. The number of hydrogen-bond acceptors (Lipinski definition) is 2. The van der Waals surface area contributed by atoms with Crippen LogP contribution in [0.4, 0.5) is 5.69 Å². The number of hydrogen-bond donors (Lipinski definition) is 1. The summed E-state index contributed by atoms with van der Waals surface area (Å²) in [5.41, 5.74) is 0.563. The van der Waals surface area contributed by atoms with Gasteiger partial charge in [-0.15, -0.1) is 0 Å².